The molecule has 0 bridgehead atoms. The topological polar surface area (TPSA) is 58.2 Å². The summed E-state index contributed by atoms with van der Waals surface area (Å²) in [4.78, 5) is 25.1. The highest BCUT2D eigenvalue weighted by atomic mass is 35.5. The minimum absolute atomic E-state index is 0.257. The molecule has 0 fully saturated rings. The molecule has 0 spiro atoms. The molecule has 0 saturated carbocycles. The predicted octanol–water partition coefficient (Wildman–Crippen LogP) is 4.83. The van der Waals surface area contributed by atoms with Crippen molar-refractivity contribution < 1.29 is 9.59 Å². The van der Waals surface area contributed by atoms with Gasteiger partial charge in [-0.1, -0.05) is 35.7 Å². The predicted molar refractivity (Wildman–Crippen MR) is 108 cm³/mol. The number of nitrogens with one attached hydrogen (secondary N) is 2. The molecule has 132 valence electrons. The Morgan fingerprint density at radius 3 is 2.22 bits per heavy atom. The van der Waals surface area contributed by atoms with Gasteiger partial charge in [0, 0.05) is 21.8 Å². The fourth-order valence-electron chi connectivity index (χ4n) is 2.45. The third-order valence-electron chi connectivity index (χ3n) is 3.82. The van der Waals surface area contributed by atoms with Crippen LogP contribution in [0.2, 0.25) is 5.02 Å². The fraction of sp³-hybridized carbons (Fsp3) is 0. The van der Waals surface area contributed by atoms with Crippen molar-refractivity contribution in [2.75, 3.05) is 10.6 Å². The number of carbonyl (C=O) groups excluding carboxylic acids is 2. The maximum absolute atomic E-state index is 12.7. The first-order valence-electron chi connectivity index (χ1n) is 8.11. The van der Waals surface area contributed by atoms with E-state index in [1.54, 1.807) is 60.7 Å². The van der Waals surface area contributed by atoms with E-state index in [0.717, 1.165) is 0 Å². The molecule has 0 aliphatic rings. The highest BCUT2D eigenvalue weighted by molar-refractivity contribution is 6.31. The van der Waals surface area contributed by atoms with Gasteiger partial charge >= 0.3 is 0 Å². The number of anilines is 2. The molecule has 2 N–H and O–H groups in total. The molecule has 5 heteroatoms. The van der Waals surface area contributed by atoms with Crippen LogP contribution in [-0.2, 0) is 0 Å². The van der Waals surface area contributed by atoms with Gasteiger partial charge in [0.2, 0.25) is 0 Å². The van der Waals surface area contributed by atoms with Crippen molar-refractivity contribution in [2.24, 2.45) is 0 Å². The zero-order valence-electron chi connectivity index (χ0n) is 14.2. The van der Waals surface area contributed by atoms with Crippen LogP contribution >= 0.6 is 11.6 Å². The Bertz CT molecular complexity index is 1020. The van der Waals surface area contributed by atoms with Crippen LogP contribution in [-0.4, -0.2) is 11.8 Å². The number of carbonyl (C=O) groups is 2. The molecule has 0 heterocycles. The van der Waals surface area contributed by atoms with Gasteiger partial charge in [-0.05, 0) is 54.6 Å². The number of hydrogen-bond acceptors (Lipinski definition) is 2. The molecule has 0 unspecified atom stereocenters. The standard InChI is InChI=1S/C22H15ClN2O2/c1-2-15-8-11-18(12-9-15)24-22(27)19-14-17(23)10-13-20(19)25-21(26)16-6-4-3-5-7-16/h1,3-14H,(H,24,27)(H,25,26). The Hall–Kier alpha value is -3.55. The molecule has 0 aliphatic heterocycles. The van der Waals surface area contributed by atoms with Crippen LogP contribution in [0.3, 0.4) is 0 Å². The molecular weight excluding hydrogens is 360 g/mol. The Labute approximate surface area is 162 Å². The second-order valence-electron chi connectivity index (χ2n) is 5.69. The van der Waals surface area contributed by atoms with Crippen LogP contribution < -0.4 is 10.6 Å². The smallest absolute Gasteiger partial charge is 0.257 e. The van der Waals surface area contributed by atoms with Crippen molar-refractivity contribution in [1.29, 1.82) is 0 Å². The SMILES string of the molecule is C#Cc1ccc(NC(=O)c2cc(Cl)ccc2NC(=O)c2ccccc2)cc1. The van der Waals surface area contributed by atoms with Crippen molar-refractivity contribution in [2.45, 2.75) is 0 Å². The molecule has 3 rings (SSSR count). The Balaban J connectivity index is 1.83. The number of terminal acetylenes is 1. The lowest BCUT2D eigenvalue weighted by Gasteiger charge is -2.12. The first kappa shape index (κ1) is 18.2. The number of amides is 2. The monoisotopic (exact) mass is 374 g/mol. The summed E-state index contributed by atoms with van der Waals surface area (Å²) in [7, 11) is 0. The number of halogens is 1. The lowest BCUT2D eigenvalue weighted by molar-refractivity contribution is 0.102. The fourth-order valence-corrected chi connectivity index (χ4v) is 2.62. The normalized spacial score (nSPS) is 9.93. The summed E-state index contributed by atoms with van der Waals surface area (Å²) >= 11 is 6.04. The number of rotatable bonds is 4. The van der Waals surface area contributed by atoms with E-state index in [9.17, 15) is 9.59 Å². The van der Waals surface area contributed by atoms with E-state index in [2.05, 4.69) is 16.6 Å². The van der Waals surface area contributed by atoms with E-state index in [1.807, 2.05) is 6.07 Å². The van der Waals surface area contributed by atoms with Crippen LogP contribution in [0.4, 0.5) is 11.4 Å². The minimum atomic E-state index is -0.394. The van der Waals surface area contributed by atoms with Gasteiger partial charge in [-0.15, -0.1) is 6.42 Å². The largest absolute Gasteiger partial charge is 0.322 e. The minimum Gasteiger partial charge on any atom is -0.322 e. The average Bonchev–Trinajstić information content (AvgIpc) is 2.70. The molecule has 0 aliphatic carbocycles. The lowest BCUT2D eigenvalue weighted by Crippen LogP contribution is -2.18. The van der Waals surface area contributed by atoms with Gasteiger partial charge in [0.25, 0.3) is 11.8 Å². The lowest BCUT2D eigenvalue weighted by atomic mass is 10.1. The van der Waals surface area contributed by atoms with Gasteiger partial charge in [-0.25, -0.2) is 0 Å². The Morgan fingerprint density at radius 2 is 1.56 bits per heavy atom. The second kappa shape index (κ2) is 8.22. The summed E-state index contributed by atoms with van der Waals surface area (Å²) in [5.41, 5.74) is 2.41. The molecule has 4 nitrogen and oxygen atoms in total. The molecule has 0 aromatic heterocycles. The summed E-state index contributed by atoms with van der Waals surface area (Å²) in [5, 5.41) is 5.92. The van der Waals surface area contributed by atoms with Gasteiger partial charge < -0.3 is 10.6 Å². The second-order valence-corrected chi connectivity index (χ2v) is 6.12. The van der Waals surface area contributed by atoms with Gasteiger partial charge in [-0.3, -0.25) is 9.59 Å². The van der Waals surface area contributed by atoms with Gasteiger partial charge in [0.1, 0.15) is 0 Å². The van der Waals surface area contributed by atoms with Crippen molar-refractivity contribution in [3.63, 3.8) is 0 Å². The molecule has 3 aromatic rings. The maximum Gasteiger partial charge on any atom is 0.257 e. The molecule has 0 saturated heterocycles. The highest BCUT2D eigenvalue weighted by Crippen LogP contribution is 2.23. The third kappa shape index (κ3) is 4.55. The van der Waals surface area contributed by atoms with Gasteiger partial charge in [0.05, 0.1) is 11.3 Å². The molecule has 2 amide bonds. The van der Waals surface area contributed by atoms with Crippen LogP contribution in [0.25, 0.3) is 0 Å². The van der Waals surface area contributed by atoms with E-state index in [1.165, 1.54) is 6.07 Å². The van der Waals surface area contributed by atoms with E-state index in [4.69, 9.17) is 18.0 Å². The van der Waals surface area contributed by atoms with Crippen LogP contribution in [0, 0.1) is 12.3 Å². The Kier molecular flexibility index (Phi) is 5.55. The summed E-state index contributed by atoms with van der Waals surface area (Å²) in [6.07, 6.45) is 5.33. The summed E-state index contributed by atoms with van der Waals surface area (Å²) in [6.45, 7) is 0. The molecule has 27 heavy (non-hydrogen) atoms. The maximum atomic E-state index is 12.7. The average molecular weight is 375 g/mol. The zero-order chi connectivity index (χ0) is 19.2. The first-order valence-corrected chi connectivity index (χ1v) is 8.48. The van der Waals surface area contributed by atoms with E-state index in [-0.39, 0.29) is 11.5 Å². The first-order chi connectivity index (χ1) is 13.1. The quantitative estimate of drug-likeness (QED) is 0.643. The Morgan fingerprint density at radius 1 is 0.852 bits per heavy atom. The molecule has 3 aromatic carbocycles. The van der Waals surface area contributed by atoms with E-state index in [0.29, 0.717) is 27.5 Å². The third-order valence-corrected chi connectivity index (χ3v) is 4.05. The van der Waals surface area contributed by atoms with Crippen LogP contribution in [0.15, 0.2) is 72.8 Å². The van der Waals surface area contributed by atoms with Gasteiger partial charge in [0.15, 0.2) is 0 Å². The van der Waals surface area contributed by atoms with Crippen molar-refractivity contribution in [1.82, 2.24) is 0 Å². The van der Waals surface area contributed by atoms with Gasteiger partial charge in [-0.2, -0.15) is 0 Å². The van der Waals surface area contributed by atoms with Crippen molar-refractivity contribution >= 4 is 34.8 Å². The molecular formula is C22H15ClN2O2. The van der Waals surface area contributed by atoms with Crippen LogP contribution in [0.1, 0.15) is 26.3 Å². The summed E-state index contributed by atoms with van der Waals surface area (Å²) < 4.78 is 0. The highest BCUT2D eigenvalue weighted by Gasteiger charge is 2.15. The molecule has 0 atom stereocenters. The van der Waals surface area contributed by atoms with Crippen LogP contribution in [0.5, 0.6) is 0 Å². The zero-order valence-corrected chi connectivity index (χ0v) is 15.0. The number of hydrogen-bond donors (Lipinski definition) is 2. The van der Waals surface area contributed by atoms with E-state index >= 15 is 0 Å². The summed E-state index contributed by atoms with van der Waals surface area (Å²) in [5.74, 6) is 1.81. The van der Waals surface area contributed by atoms with Crippen molar-refractivity contribution in [3.05, 3.63) is 94.5 Å². The van der Waals surface area contributed by atoms with E-state index < -0.39 is 5.91 Å². The molecule has 0 radical (unpaired) electrons. The number of benzene rings is 3. The van der Waals surface area contributed by atoms with Crippen molar-refractivity contribution in [3.8, 4) is 12.3 Å². The summed E-state index contributed by atoms with van der Waals surface area (Å²) in [6, 6.07) is 20.3.